The minimum Gasteiger partial charge on any atom is -0.328 e. The number of amides is 1. The van der Waals surface area contributed by atoms with E-state index in [2.05, 4.69) is 16.4 Å². The number of hydrogen-bond donors (Lipinski definition) is 1. The summed E-state index contributed by atoms with van der Waals surface area (Å²) in [6.45, 7) is 1.83. The summed E-state index contributed by atoms with van der Waals surface area (Å²) < 4.78 is 2.00. The molecule has 0 saturated heterocycles. The predicted octanol–water partition coefficient (Wildman–Crippen LogP) is 3.25. The molecule has 2 heterocycles. The molecule has 1 aromatic heterocycles. The lowest BCUT2D eigenvalue weighted by Crippen LogP contribution is -2.28. The smallest absolute Gasteiger partial charge is 0.221 e. The summed E-state index contributed by atoms with van der Waals surface area (Å²) in [5.74, 6) is 0.654. The predicted molar refractivity (Wildman–Crippen MR) is 96.8 cm³/mol. The summed E-state index contributed by atoms with van der Waals surface area (Å²) in [7, 11) is 0. The van der Waals surface area contributed by atoms with E-state index in [4.69, 9.17) is 4.99 Å². The highest BCUT2D eigenvalue weighted by Crippen LogP contribution is 2.28. The van der Waals surface area contributed by atoms with Crippen LogP contribution in [-0.2, 0) is 4.79 Å². The van der Waals surface area contributed by atoms with Gasteiger partial charge in [-0.2, -0.15) is 0 Å². The third-order valence-corrected chi connectivity index (χ3v) is 4.26. The topological polar surface area (TPSA) is 59.3 Å². The van der Waals surface area contributed by atoms with E-state index >= 15 is 0 Å². The van der Waals surface area contributed by atoms with Gasteiger partial charge >= 0.3 is 0 Å². The summed E-state index contributed by atoms with van der Waals surface area (Å²) in [5, 5.41) is 2.98. The van der Waals surface area contributed by atoms with Gasteiger partial charge in [-0.25, -0.2) is 4.98 Å². The molecule has 1 N–H and O–H groups in total. The van der Waals surface area contributed by atoms with Crippen molar-refractivity contribution < 1.29 is 4.79 Å². The molecule has 1 amide bonds. The van der Waals surface area contributed by atoms with Crippen LogP contribution in [0, 0.1) is 0 Å². The van der Waals surface area contributed by atoms with E-state index in [-0.39, 0.29) is 5.91 Å². The second-order valence-electron chi connectivity index (χ2n) is 5.84. The van der Waals surface area contributed by atoms with Gasteiger partial charge in [-0.3, -0.25) is 14.4 Å². The van der Waals surface area contributed by atoms with Crippen LogP contribution in [0.2, 0.25) is 0 Å². The van der Waals surface area contributed by atoms with Gasteiger partial charge < -0.3 is 5.32 Å². The highest BCUT2D eigenvalue weighted by molar-refractivity contribution is 6.15. The quantitative estimate of drug-likeness (QED) is 0.801. The highest BCUT2D eigenvalue weighted by atomic mass is 16.1. The zero-order valence-electron chi connectivity index (χ0n) is 13.9. The molecule has 0 spiro atoms. The number of aliphatic imine (C=N–C) groups is 1. The van der Waals surface area contributed by atoms with Crippen molar-refractivity contribution in [1.29, 1.82) is 0 Å². The van der Waals surface area contributed by atoms with Crippen molar-refractivity contribution in [3.8, 4) is 5.69 Å². The zero-order valence-corrected chi connectivity index (χ0v) is 13.9. The lowest BCUT2D eigenvalue weighted by molar-refractivity contribution is -0.121. The zero-order chi connectivity index (χ0) is 17.2. The summed E-state index contributed by atoms with van der Waals surface area (Å²) in [6, 6.07) is 18.1. The maximum atomic E-state index is 12.0. The van der Waals surface area contributed by atoms with Crippen LogP contribution in [0.1, 0.15) is 36.5 Å². The van der Waals surface area contributed by atoms with Gasteiger partial charge in [-0.05, 0) is 6.07 Å². The number of benzene rings is 2. The van der Waals surface area contributed by atoms with E-state index in [1.807, 2.05) is 66.2 Å². The van der Waals surface area contributed by atoms with E-state index in [0.29, 0.717) is 12.2 Å². The molecule has 1 unspecified atom stereocenters. The maximum Gasteiger partial charge on any atom is 0.221 e. The van der Waals surface area contributed by atoms with Crippen LogP contribution < -0.4 is 5.32 Å². The second kappa shape index (κ2) is 6.36. The first-order valence-corrected chi connectivity index (χ1v) is 8.33. The molecule has 1 aliphatic heterocycles. The molecule has 1 atom stereocenters. The van der Waals surface area contributed by atoms with E-state index in [1.165, 1.54) is 0 Å². The second-order valence-corrected chi connectivity index (χ2v) is 5.84. The largest absolute Gasteiger partial charge is 0.328 e. The molecule has 0 aliphatic carbocycles. The molecule has 5 nitrogen and oxygen atoms in total. The first-order chi connectivity index (χ1) is 12.3. The van der Waals surface area contributed by atoms with E-state index in [1.54, 1.807) is 6.20 Å². The van der Waals surface area contributed by atoms with Crippen LogP contribution in [0.4, 0.5) is 0 Å². The van der Waals surface area contributed by atoms with Crippen molar-refractivity contribution in [1.82, 2.24) is 14.9 Å². The number of nitrogens with one attached hydrogen (secondary N) is 1. The Morgan fingerprint density at radius 2 is 1.88 bits per heavy atom. The molecule has 25 heavy (non-hydrogen) atoms. The van der Waals surface area contributed by atoms with Gasteiger partial charge in [0, 0.05) is 29.9 Å². The monoisotopic (exact) mass is 330 g/mol. The van der Waals surface area contributed by atoms with Gasteiger partial charge in [0.05, 0.1) is 11.4 Å². The third kappa shape index (κ3) is 2.74. The number of hydrogen-bond acceptors (Lipinski definition) is 3. The highest BCUT2D eigenvalue weighted by Gasteiger charge is 2.26. The van der Waals surface area contributed by atoms with E-state index < -0.39 is 6.17 Å². The van der Waals surface area contributed by atoms with Crippen LogP contribution in [0.25, 0.3) is 5.69 Å². The number of aromatic nitrogens is 2. The maximum absolute atomic E-state index is 12.0. The Morgan fingerprint density at radius 3 is 2.68 bits per heavy atom. The Morgan fingerprint density at radius 1 is 1.12 bits per heavy atom. The number of para-hydroxylation sites is 1. The molecular weight excluding hydrogens is 312 g/mol. The van der Waals surface area contributed by atoms with Crippen molar-refractivity contribution in [2.45, 2.75) is 19.5 Å². The number of fused-ring (bicyclic) bond motifs is 3. The summed E-state index contributed by atoms with van der Waals surface area (Å²) in [4.78, 5) is 21.4. The van der Waals surface area contributed by atoms with Crippen LogP contribution in [-0.4, -0.2) is 21.2 Å². The fourth-order valence-corrected chi connectivity index (χ4v) is 3.04. The van der Waals surface area contributed by atoms with Crippen LogP contribution in [0.3, 0.4) is 0 Å². The first kappa shape index (κ1) is 15.3. The number of carbonyl (C=O) groups excluding carboxylic acids is 1. The van der Waals surface area contributed by atoms with Crippen LogP contribution in [0.5, 0.6) is 0 Å². The van der Waals surface area contributed by atoms with Gasteiger partial charge in [0.2, 0.25) is 5.91 Å². The molecule has 0 bridgehead atoms. The molecule has 2 aromatic carbocycles. The molecule has 4 rings (SSSR count). The average Bonchev–Trinajstić information content (AvgIpc) is 3.11. The molecule has 0 fully saturated rings. The van der Waals surface area contributed by atoms with E-state index in [9.17, 15) is 4.79 Å². The van der Waals surface area contributed by atoms with Gasteiger partial charge in [0.1, 0.15) is 0 Å². The first-order valence-electron chi connectivity index (χ1n) is 8.33. The lowest BCUT2D eigenvalue weighted by atomic mass is 10.0. The van der Waals surface area contributed by atoms with Gasteiger partial charge in [0.25, 0.3) is 0 Å². The number of nitrogens with zero attached hydrogens (tertiary/aromatic N) is 3. The van der Waals surface area contributed by atoms with Crippen LogP contribution >= 0.6 is 0 Å². The molecule has 5 heteroatoms. The minimum absolute atomic E-state index is 0.0540. The molecule has 1 aliphatic rings. The van der Waals surface area contributed by atoms with Crippen molar-refractivity contribution in [3.05, 3.63) is 83.9 Å². The Kier molecular flexibility index (Phi) is 3.90. The minimum atomic E-state index is -0.523. The number of rotatable bonds is 3. The average molecular weight is 330 g/mol. The lowest BCUT2D eigenvalue weighted by Gasteiger charge is -2.14. The normalized spacial score (nSPS) is 15.6. The fraction of sp³-hybridized carbons (Fsp3) is 0.150. The standard InChI is InChI=1S/C20H18N4O/c1-2-17(25)22-19-20-21-12-13-24(20)16-11-7-6-10-15(16)18(23-19)14-8-4-3-5-9-14/h3-13,19H,2H2,1H3,(H,22,25). The van der Waals surface area contributed by atoms with Crippen molar-refractivity contribution >= 4 is 11.6 Å². The van der Waals surface area contributed by atoms with Crippen molar-refractivity contribution in [2.24, 2.45) is 4.99 Å². The molecule has 3 aromatic rings. The summed E-state index contributed by atoms with van der Waals surface area (Å²) in [6.07, 6.45) is 3.52. The molecule has 124 valence electrons. The van der Waals surface area contributed by atoms with Gasteiger partial charge in [-0.1, -0.05) is 55.5 Å². The van der Waals surface area contributed by atoms with Crippen molar-refractivity contribution in [2.75, 3.05) is 0 Å². The molecule has 0 saturated carbocycles. The molecule has 0 radical (unpaired) electrons. The fourth-order valence-electron chi connectivity index (χ4n) is 3.04. The third-order valence-electron chi connectivity index (χ3n) is 4.26. The van der Waals surface area contributed by atoms with E-state index in [0.717, 1.165) is 22.5 Å². The number of carbonyl (C=O) groups is 1. The van der Waals surface area contributed by atoms with Gasteiger partial charge in [-0.15, -0.1) is 0 Å². The Bertz CT molecular complexity index is 943. The SMILES string of the molecule is CCC(=O)NC1N=C(c2ccccc2)c2ccccc2-n2ccnc21. The Labute approximate surface area is 146 Å². The Hall–Kier alpha value is -3.21. The summed E-state index contributed by atoms with van der Waals surface area (Å²) >= 11 is 0. The Balaban J connectivity index is 1.94. The molecular formula is C20H18N4O. The summed E-state index contributed by atoms with van der Waals surface area (Å²) in [5.41, 5.74) is 3.88. The van der Waals surface area contributed by atoms with Gasteiger partial charge in [0.15, 0.2) is 12.0 Å². The van der Waals surface area contributed by atoms with Crippen molar-refractivity contribution in [3.63, 3.8) is 0 Å². The number of imidazole rings is 1. The van der Waals surface area contributed by atoms with Crippen LogP contribution in [0.15, 0.2) is 72.0 Å².